The minimum absolute atomic E-state index is 0.0751. The Kier molecular flexibility index (Phi) is 7.53. The lowest BCUT2D eigenvalue weighted by atomic mass is 9.53. The van der Waals surface area contributed by atoms with E-state index in [0.29, 0.717) is 0 Å². The second-order valence-corrected chi connectivity index (χ2v) is 16.5. The van der Waals surface area contributed by atoms with E-state index in [1.807, 2.05) is 0 Å². The van der Waals surface area contributed by atoms with Crippen LogP contribution in [0.4, 0.5) is 17.1 Å². The molecular weight excluding hydrogens is 686 g/mol. The highest BCUT2D eigenvalue weighted by Crippen LogP contribution is 2.56. The van der Waals surface area contributed by atoms with E-state index >= 15 is 10.2 Å². The number of hydrogen-bond acceptors (Lipinski definition) is 6. The third kappa shape index (κ3) is 4.58. The Hall–Kier alpha value is -5.53. The summed E-state index contributed by atoms with van der Waals surface area (Å²) < 4.78 is 0. The Balaban J connectivity index is 0.999. The molecule has 11 rings (SSSR count). The highest BCUT2D eigenvalue weighted by molar-refractivity contribution is 6.83. The highest BCUT2D eigenvalue weighted by atomic mass is 16.3. The second kappa shape index (κ2) is 12.5. The molecule has 4 atom stereocenters. The number of nitrogens with zero attached hydrogens (tertiary/aromatic N) is 4. The van der Waals surface area contributed by atoms with Crippen LogP contribution in [0.25, 0.3) is 38.4 Å². The Labute approximate surface area is 329 Å². The van der Waals surface area contributed by atoms with E-state index < -0.39 is 24.0 Å². The van der Waals surface area contributed by atoms with Crippen molar-refractivity contribution in [1.29, 1.82) is 0 Å². The molecule has 2 aliphatic heterocycles. The van der Waals surface area contributed by atoms with Crippen molar-refractivity contribution in [2.24, 2.45) is 11.8 Å². The average molecular weight is 729 g/mol. The zero-order chi connectivity index (χ0) is 38.0. The van der Waals surface area contributed by atoms with Crippen LogP contribution in [0.3, 0.4) is 0 Å². The summed E-state index contributed by atoms with van der Waals surface area (Å²) >= 11 is 0. The maximum atomic E-state index is 15.0. The van der Waals surface area contributed by atoms with Gasteiger partial charge in [0, 0.05) is 28.5 Å². The van der Waals surface area contributed by atoms with Crippen LogP contribution in [0.15, 0.2) is 140 Å². The van der Waals surface area contributed by atoms with Gasteiger partial charge in [0.05, 0.1) is 0 Å². The highest BCUT2D eigenvalue weighted by Gasteiger charge is 2.52. The standard InChI is InChI=1S/C48H42B2N4O2/c1-51-39-23-11-17-31-25-27-35(45(41(31)39)53(3)49(51)37-21-9-15-29-13-5-7-19-33(29)37)43-47(55)44(48(43)56)36-28-26-32-18-12-24-40-42(32)46(36)54(4)50(52(40)2)38-22-10-16-30-14-6-8-20-34(30)38/h5-28,35,43-45,47-48H,1-4H3/q-2. The molecular formula is C48H42B2N4O2-2. The molecule has 0 amide bonds. The number of hydrogen-bond donors (Lipinski definition) is 0. The molecule has 4 aliphatic rings. The Morgan fingerprint density at radius 1 is 0.536 bits per heavy atom. The monoisotopic (exact) mass is 728 g/mol. The predicted molar refractivity (Wildman–Crippen MR) is 231 cm³/mol. The van der Waals surface area contributed by atoms with Gasteiger partial charge in [-0.05, 0) is 107 Å². The summed E-state index contributed by atoms with van der Waals surface area (Å²) in [5.41, 5.74) is 8.97. The molecule has 0 N–H and O–H groups in total. The van der Waals surface area contributed by atoms with Crippen LogP contribution >= 0.6 is 0 Å². The van der Waals surface area contributed by atoms with Crippen LogP contribution in [-0.4, -0.2) is 59.2 Å². The van der Waals surface area contributed by atoms with Crippen molar-refractivity contribution >= 4 is 80.3 Å². The fourth-order valence-corrected chi connectivity index (χ4v) is 11.3. The van der Waals surface area contributed by atoms with Crippen LogP contribution in [0.5, 0.6) is 0 Å². The topological polar surface area (TPSA) is 59.1 Å². The first kappa shape index (κ1) is 33.8. The molecule has 6 nitrogen and oxygen atoms in total. The third-order valence-corrected chi connectivity index (χ3v) is 13.8. The molecule has 274 valence electrons. The minimum Gasteiger partial charge on any atom is -0.851 e. The van der Waals surface area contributed by atoms with E-state index in [4.69, 9.17) is 0 Å². The van der Waals surface area contributed by atoms with Gasteiger partial charge >= 0.3 is 14.0 Å². The fraction of sp³-hybridized carbons (Fsp3) is 0.208. The lowest BCUT2D eigenvalue weighted by Crippen LogP contribution is -2.70. The maximum Gasteiger partial charge on any atom is 0.411 e. The van der Waals surface area contributed by atoms with Gasteiger partial charge in [0.25, 0.3) is 0 Å². The van der Waals surface area contributed by atoms with Crippen LogP contribution in [-0.2, 0) is 0 Å². The van der Waals surface area contributed by atoms with Gasteiger partial charge in [-0.2, -0.15) is 0 Å². The molecule has 2 aliphatic carbocycles. The van der Waals surface area contributed by atoms with Crippen molar-refractivity contribution in [3.63, 3.8) is 0 Å². The van der Waals surface area contributed by atoms with Crippen molar-refractivity contribution in [3.05, 3.63) is 156 Å². The Morgan fingerprint density at radius 2 is 1.11 bits per heavy atom. The molecule has 8 heteroatoms. The smallest absolute Gasteiger partial charge is 0.411 e. The summed E-state index contributed by atoms with van der Waals surface area (Å²) in [5, 5.41) is 37.1. The lowest BCUT2D eigenvalue weighted by Gasteiger charge is -2.66. The maximum absolute atomic E-state index is 15.0. The second-order valence-electron chi connectivity index (χ2n) is 16.5. The molecule has 0 saturated heterocycles. The van der Waals surface area contributed by atoms with Crippen LogP contribution < -0.4 is 35.6 Å². The SMILES string of the molecule is CN1B(c2cccc3ccccc23)N(C)C2c3c(cccc31)C=CC2C1C([O-])C(c2ccc3cccc4c3c2N(C)B(c2cccc3ccccc23)N4C)C1[O-]. The van der Waals surface area contributed by atoms with Gasteiger partial charge in [0.1, 0.15) is 0 Å². The van der Waals surface area contributed by atoms with Crippen LogP contribution in [0.1, 0.15) is 28.7 Å². The third-order valence-electron chi connectivity index (χ3n) is 13.8. The molecule has 1 fully saturated rings. The molecule has 0 spiro atoms. The number of anilines is 3. The first-order valence-electron chi connectivity index (χ1n) is 19.9. The summed E-state index contributed by atoms with van der Waals surface area (Å²) in [6, 6.07) is 47.2. The molecule has 0 radical (unpaired) electrons. The molecule has 2 heterocycles. The molecule has 56 heavy (non-hydrogen) atoms. The molecule has 0 aromatic heterocycles. The van der Waals surface area contributed by atoms with Crippen molar-refractivity contribution in [2.45, 2.75) is 24.2 Å². The normalized spacial score (nSPS) is 24.3. The molecule has 4 unspecified atom stereocenters. The Morgan fingerprint density at radius 3 is 1.82 bits per heavy atom. The van der Waals surface area contributed by atoms with E-state index in [-0.39, 0.29) is 25.9 Å². The average Bonchev–Trinajstić information content (AvgIpc) is 3.22. The molecule has 7 aromatic carbocycles. The van der Waals surface area contributed by atoms with Gasteiger partial charge in [-0.25, -0.2) is 0 Å². The minimum atomic E-state index is -1.05. The Bertz CT molecular complexity index is 2730. The molecule has 1 saturated carbocycles. The van der Waals surface area contributed by atoms with E-state index in [0.717, 1.165) is 39.0 Å². The summed E-state index contributed by atoms with van der Waals surface area (Å²) in [5.74, 6) is -1.44. The van der Waals surface area contributed by atoms with Crippen molar-refractivity contribution in [3.8, 4) is 0 Å². The quantitative estimate of drug-likeness (QED) is 0.215. The number of rotatable bonds is 4. The number of fused-ring (bicyclic) bond motifs is 2. The molecule has 0 bridgehead atoms. The van der Waals surface area contributed by atoms with Gasteiger partial charge in [0.15, 0.2) is 0 Å². The van der Waals surface area contributed by atoms with E-state index in [1.54, 1.807) is 0 Å². The zero-order valence-corrected chi connectivity index (χ0v) is 32.1. The number of benzene rings is 7. The van der Waals surface area contributed by atoms with Gasteiger partial charge in [-0.15, -0.1) is 12.2 Å². The largest absolute Gasteiger partial charge is 0.851 e. The summed E-state index contributed by atoms with van der Waals surface area (Å²) in [7, 11) is 8.65. The van der Waals surface area contributed by atoms with E-state index in [1.165, 1.54) is 38.0 Å². The first-order chi connectivity index (χ1) is 27.3. The summed E-state index contributed by atoms with van der Waals surface area (Å²) in [4.78, 5) is 9.47. The van der Waals surface area contributed by atoms with Gasteiger partial charge in [0.2, 0.25) is 0 Å². The van der Waals surface area contributed by atoms with Crippen molar-refractivity contribution < 1.29 is 10.2 Å². The predicted octanol–water partition coefficient (Wildman–Crippen LogP) is 5.76. The van der Waals surface area contributed by atoms with Gasteiger partial charge in [-0.3, -0.25) is 0 Å². The van der Waals surface area contributed by atoms with Crippen LogP contribution in [0, 0.1) is 11.8 Å². The van der Waals surface area contributed by atoms with Crippen molar-refractivity contribution in [2.75, 3.05) is 42.6 Å². The van der Waals surface area contributed by atoms with Gasteiger partial charge < -0.3 is 29.5 Å². The first-order valence-corrected chi connectivity index (χ1v) is 19.9. The van der Waals surface area contributed by atoms with Crippen LogP contribution in [0.2, 0.25) is 0 Å². The van der Waals surface area contributed by atoms with E-state index in [2.05, 4.69) is 193 Å². The summed E-state index contributed by atoms with van der Waals surface area (Å²) in [6.07, 6.45) is 2.26. The fourth-order valence-electron chi connectivity index (χ4n) is 11.3. The zero-order valence-electron chi connectivity index (χ0n) is 32.1. The summed E-state index contributed by atoms with van der Waals surface area (Å²) in [6.45, 7) is -0.199. The van der Waals surface area contributed by atoms with Crippen molar-refractivity contribution in [1.82, 2.24) is 4.81 Å². The molecule has 7 aromatic rings. The van der Waals surface area contributed by atoms with Gasteiger partial charge in [-0.1, -0.05) is 139 Å². The lowest BCUT2D eigenvalue weighted by molar-refractivity contribution is -0.553. The van der Waals surface area contributed by atoms with E-state index in [9.17, 15) is 0 Å².